The first kappa shape index (κ1) is 12.8. The van der Waals surface area contributed by atoms with Gasteiger partial charge in [-0.2, -0.15) is 0 Å². The van der Waals surface area contributed by atoms with Gasteiger partial charge in [0, 0.05) is 11.3 Å². The van der Waals surface area contributed by atoms with Gasteiger partial charge in [-0.05, 0) is 37.1 Å². The average molecular weight is 266 g/mol. The van der Waals surface area contributed by atoms with Crippen molar-refractivity contribution in [3.8, 4) is 11.3 Å². The minimum absolute atomic E-state index is 0.197. The highest BCUT2D eigenvalue weighted by Gasteiger charge is 2.11. The Bertz CT molecular complexity index is 599. The molecule has 0 aliphatic heterocycles. The van der Waals surface area contributed by atoms with Crippen LogP contribution < -0.4 is 5.73 Å². The molecule has 0 amide bonds. The van der Waals surface area contributed by atoms with E-state index in [1.54, 1.807) is 13.0 Å². The molecule has 0 atom stereocenters. The van der Waals surface area contributed by atoms with Crippen LogP contribution in [0.25, 0.3) is 11.3 Å². The van der Waals surface area contributed by atoms with Crippen LogP contribution in [0.4, 0.5) is 10.3 Å². The van der Waals surface area contributed by atoms with Gasteiger partial charge >= 0.3 is 0 Å². The van der Waals surface area contributed by atoms with Crippen LogP contribution >= 0.6 is 11.6 Å². The highest BCUT2D eigenvalue weighted by Crippen LogP contribution is 2.29. The predicted molar refractivity (Wildman–Crippen MR) is 71.0 cm³/mol. The van der Waals surface area contributed by atoms with Crippen molar-refractivity contribution in [3.05, 3.63) is 40.3 Å². The molecule has 18 heavy (non-hydrogen) atoms. The number of hydrogen-bond donors (Lipinski definition) is 1. The summed E-state index contributed by atoms with van der Waals surface area (Å²) in [5.74, 6) is -0.135. The van der Waals surface area contributed by atoms with Gasteiger partial charge in [0.25, 0.3) is 0 Å². The van der Waals surface area contributed by atoms with E-state index in [1.165, 1.54) is 6.07 Å². The zero-order chi connectivity index (χ0) is 13.3. The second-order valence-electron chi connectivity index (χ2n) is 4.04. The number of aryl methyl sites for hydroxylation is 2. The van der Waals surface area contributed by atoms with Crippen LogP contribution in [0.5, 0.6) is 0 Å². The number of aromatic nitrogens is 2. The number of nitrogen functional groups attached to an aromatic ring is 1. The maximum Gasteiger partial charge on any atom is 0.220 e. The molecule has 2 aromatic rings. The quantitative estimate of drug-likeness (QED) is 0.906. The highest BCUT2D eigenvalue weighted by molar-refractivity contribution is 6.33. The molecule has 0 unspecified atom stereocenters. The number of anilines is 1. The number of nitrogens with zero attached hydrogens (tertiary/aromatic N) is 2. The molecule has 0 aliphatic rings. The number of nitrogens with two attached hydrogens (primary N) is 1. The molecule has 2 N–H and O–H groups in total. The van der Waals surface area contributed by atoms with Gasteiger partial charge in [0.1, 0.15) is 5.82 Å². The van der Waals surface area contributed by atoms with Crippen LogP contribution in [-0.4, -0.2) is 9.97 Å². The van der Waals surface area contributed by atoms with Crippen LogP contribution in [0.15, 0.2) is 18.2 Å². The summed E-state index contributed by atoms with van der Waals surface area (Å²) in [7, 11) is 0. The molecule has 0 saturated heterocycles. The van der Waals surface area contributed by atoms with E-state index in [0.29, 0.717) is 21.8 Å². The molecule has 3 nitrogen and oxygen atoms in total. The fourth-order valence-electron chi connectivity index (χ4n) is 1.69. The van der Waals surface area contributed by atoms with Crippen molar-refractivity contribution in [2.75, 3.05) is 5.73 Å². The van der Waals surface area contributed by atoms with Crippen molar-refractivity contribution in [2.24, 2.45) is 0 Å². The minimum Gasteiger partial charge on any atom is -0.368 e. The number of halogens is 2. The van der Waals surface area contributed by atoms with E-state index in [4.69, 9.17) is 17.3 Å². The molecule has 0 radical (unpaired) electrons. The molecule has 0 spiro atoms. The lowest BCUT2D eigenvalue weighted by atomic mass is 10.1. The van der Waals surface area contributed by atoms with Gasteiger partial charge in [-0.1, -0.05) is 18.5 Å². The number of benzene rings is 1. The number of hydrogen-bond acceptors (Lipinski definition) is 3. The molecule has 94 valence electrons. The lowest BCUT2D eigenvalue weighted by molar-refractivity contribution is 0.619. The minimum atomic E-state index is -0.332. The van der Waals surface area contributed by atoms with Crippen molar-refractivity contribution in [3.63, 3.8) is 0 Å². The van der Waals surface area contributed by atoms with E-state index in [9.17, 15) is 4.39 Å². The first-order chi connectivity index (χ1) is 8.51. The molecular weight excluding hydrogens is 253 g/mol. The van der Waals surface area contributed by atoms with E-state index in [-0.39, 0.29) is 11.8 Å². The summed E-state index contributed by atoms with van der Waals surface area (Å²) in [6.07, 6.45) is 0.748. The van der Waals surface area contributed by atoms with Crippen LogP contribution in [0.1, 0.15) is 18.2 Å². The van der Waals surface area contributed by atoms with Crippen molar-refractivity contribution >= 4 is 17.5 Å². The van der Waals surface area contributed by atoms with Gasteiger partial charge in [0.05, 0.1) is 10.7 Å². The summed E-state index contributed by atoms with van der Waals surface area (Å²) in [4.78, 5) is 8.24. The molecular formula is C13H13ClFN3. The zero-order valence-electron chi connectivity index (χ0n) is 10.2. The van der Waals surface area contributed by atoms with Crippen molar-refractivity contribution in [2.45, 2.75) is 20.3 Å². The van der Waals surface area contributed by atoms with Crippen LogP contribution in [0.2, 0.25) is 5.02 Å². The Balaban J connectivity index is 2.61. The van der Waals surface area contributed by atoms with E-state index >= 15 is 0 Å². The Morgan fingerprint density at radius 2 is 2.00 bits per heavy atom. The SMILES string of the molecule is CCc1cc(-c2cc(C)c(F)cc2Cl)nc(N)n1. The monoisotopic (exact) mass is 265 g/mol. The Morgan fingerprint density at radius 3 is 2.67 bits per heavy atom. The Labute approximate surface area is 110 Å². The molecule has 5 heteroatoms. The largest absolute Gasteiger partial charge is 0.368 e. The maximum atomic E-state index is 13.4. The van der Waals surface area contributed by atoms with E-state index in [2.05, 4.69) is 9.97 Å². The maximum absolute atomic E-state index is 13.4. The summed E-state index contributed by atoms with van der Waals surface area (Å²) in [5, 5.41) is 0.318. The van der Waals surface area contributed by atoms with E-state index in [1.807, 2.05) is 13.0 Å². The molecule has 1 aromatic carbocycles. The van der Waals surface area contributed by atoms with Gasteiger partial charge in [0.2, 0.25) is 5.95 Å². The van der Waals surface area contributed by atoms with Crippen LogP contribution in [0, 0.1) is 12.7 Å². The predicted octanol–water partition coefficient (Wildman–Crippen LogP) is 3.39. The molecule has 2 rings (SSSR count). The fraction of sp³-hybridized carbons (Fsp3) is 0.231. The molecule has 0 fully saturated rings. The third-order valence-corrected chi connectivity index (χ3v) is 3.00. The van der Waals surface area contributed by atoms with Gasteiger partial charge in [-0.15, -0.1) is 0 Å². The second-order valence-corrected chi connectivity index (χ2v) is 4.44. The summed E-state index contributed by atoms with van der Waals surface area (Å²) < 4.78 is 13.4. The van der Waals surface area contributed by atoms with Gasteiger partial charge in [-0.3, -0.25) is 0 Å². The highest BCUT2D eigenvalue weighted by atomic mass is 35.5. The third kappa shape index (κ3) is 2.43. The smallest absolute Gasteiger partial charge is 0.220 e. The normalized spacial score (nSPS) is 10.7. The van der Waals surface area contributed by atoms with Crippen LogP contribution in [-0.2, 0) is 6.42 Å². The Morgan fingerprint density at radius 1 is 1.28 bits per heavy atom. The van der Waals surface area contributed by atoms with Crippen molar-refractivity contribution in [1.82, 2.24) is 9.97 Å². The average Bonchev–Trinajstić information content (AvgIpc) is 2.33. The first-order valence-corrected chi connectivity index (χ1v) is 5.98. The van der Waals surface area contributed by atoms with Crippen LogP contribution in [0.3, 0.4) is 0 Å². The van der Waals surface area contributed by atoms with Gasteiger partial charge in [-0.25, -0.2) is 14.4 Å². The molecule has 0 aliphatic carbocycles. The fourth-order valence-corrected chi connectivity index (χ4v) is 1.94. The van der Waals surface area contributed by atoms with E-state index < -0.39 is 0 Å². The summed E-state index contributed by atoms with van der Waals surface area (Å²) in [5.41, 5.74) is 8.28. The first-order valence-electron chi connectivity index (χ1n) is 5.60. The van der Waals surface area contributed by atoms with Gasteiger partial charge in [0.15, 0.2) is 0 Å². The molecule has 0 bridgehead atoms. The lowest BCUT2D eigenvalue weighted by Crippen LogP contribution is -2.00. The zero-order valence-corrected chi connectivity index (χ0v) is 10.9. The molecule has 1 heterocycles. The second kappa shape index (κ2) is 4.90. The molecule has 0 saturated carbocycles. The van der Waals surface area contributed by atoms with Crippen molar-refractivity contribution in [1.29, 1.82) is 0 Å². The Hall–Kier alpha value is -1.68. The molecule has 1 aromatic heterocycles. The summed E-state index contributed by atoms with van der Waals surface area (Å²) in [6, 6.07) is 4.77. The standard InChI is InChI=1S/C13H13ClFN3/c1-3-8-5-12(18-13(16)17-8)9-4-7(2)11(15)6-10(9)14/h4-6H,3H2,1-2H3,(H2,16,17,18). The van der Waals surface area contributed by atoms with E-state index in [0.717, 1.165) is 12.1 Å². The topological polar surface area (TPSA) is 51.8 Å². The third-order valence-electron chi connectivity index (χ3n) is 2.68. The number of rotatable bonds is 2. The summed E-state index contributed by atoms with van der Waals surface area (Å²) >= 11 is 6.04. The summed E-state index contributed by atoms with van der Waals surface area (Å²) in [6.45, 7) is 3.66. The van der Waals surface area contributed by atoms with Gasteiger partial charge < -0.3 is 5.73 Å². The van der Waals surface area contributed by atoms with Crippen molar-refractivity contribution < 1.29 is 4.39 Å². The lowest BCUT2D eigenvalue weighted by Gasteiger charge is -2.08. The Kier molecular flexibility index (Phi) is 3.48.